The Morgan fingerprint density at radius 3 is 2.43 bits per heavy atom. The van der Waals surface area contributed by atoms with Gasteiger partial charge in [-0.1, -0.05) is 68.5 Å². The first-order valence-corrected chi connectivity index (χ1v) is 11.0. The van der Waals surface area contributed by atoms with Crippen LogP contribution >= 0.6 is 0 Å². The number of esters is 1. The predicted octanol–water partition coefficient (Wildman–Crippen LogP) is 6.39. The number of hydrogen-bond donors (Lipinski definition) is 0. The monoisotopic (exact) mass is 408 g/mol. The van der Waals surface area contributed by atoms with Gasteiger partial charge in [-0.05, 0) is 62.3 Å². The van der Waals surface area contributed by atoms with E-state index >= 15 is 0 Å². The molecular formula is C27H36O3. The van der Waals surface area contributed by atoms with Gasteiger partial charge < -0.3 is 9.47 Å². The molecule has 0 saturated carbocycles. The van der Waals surface area contributed by atoms with E-state index in [2.05, 4.69) is 56.3 Å². The van der Waals surface area contributed by atoms with E-state index in [1.54, 1.807) is 13.0 Å². The van der Waals surface area contributed by atoms with Crippen molar-refractivity contribution in [3.05, 3.63) is 82.4 Å². The molecule has 3 rings (SSSR count). The maximum atomic E-state index is 12.2. The topological polar surface area (TPSA) is 35.5 Å². The Hall–Kier alpha value is -2.39. The molecule has 30 heavy (non-hydrogen) atoms. The van der Waals surface area contributed by atoms with Gasteiger partial charge in [0.25, 0.3) is 0 Å². The van der Waals surface area contributed by atoms with Crippen LogP contribution in [0.25, 0.3) is 0 Å². The van der Waals surface area contributed by atoms with Gasteiger partial charge in [0.1, 0.15) is 0 Å². The van der Waals surface area contributed by atoms with Crippen LogP contribution in [0, 0.1) is 25.7 Å². The first kappa shape index (κ1) is 23.9. The van der Waals surface area contributed by atoms with Gasteiger partial charge in [0.05, 0.1) is 19.3 Å². The van der Waals surface area contributed by atoms with E-state index in [1.807, 2.05) is 26.8 Å². The van der Waals surface area contributed by atoms with Gasteiger partial charge in [-0.15, -0.1) is 0 Å². The molecule has 0 bridgehead atoms. The van der Waals surface area contributed by atoms with E-state index in [0.717, 1.165) is 6.42 Å². The van der Waals surface area contributed by atoms with Crippen LogP contribution < -0.4 is 0 Å². The lowest BCUT2D eigenvalue weighted by Crippen LogP contribution is -2.24. The zero-order valence-corrected chi connectivity index (χ0v) is 19.3. The van der Waals surface area contributed by atoms with Crippen LogP contribution in [0.1, 0.15) is 56.1 Å². The lowest BCUT2D eigenvalue weighted by atomic mass is 9.83. The molecule has 162 valence electrons. The summed E-state index contributed by atoms with van der Waals surface area (Å²) in [5.74, 6) is 0.204. The van der Waals surface area contributed by atoms with Crippen LogP contribution in [0.15, 0.2) is 60.2 Å². The molecular weight excluding hydrogens is 372 g/mol. The molecule has 1 aliphatic heterocycles. The summed E-state index contributed by atoms with van der Waals surface area (Å²) < 4.78 is 11.9. The number of benzene rings is 2. The van der Waals surface area contributed by atoms with Gasteiger partial charge in [-0.3, -0.25) is 0 Å². The minimum absolute atomic E-state index is 0.0493. The average Bonchev–Trinajstić information content (AvgIpc) is 3.17. The van der Waals surface area contributed by atoms with E-state index in [9.17, 15) is 4.79 Å². The second kappa shape index (κ2) is 11.7. The van der Waals surface area contributed by atoms with Crippen molar-refractivity contribution < 1.29 is 14.3 Å². The van der Waals surface area contributed by atoms with E-state index in [4.69, 9.17) is 9.47 Å². The Morgan fingerprint density at radius 1 is 1.10 bits per heavy atom. The number of carbonyl (C=O) groups is 1. The molecule has 0 spiro atoms. The number of hydrogen-bond acceptors (Lipinski definition) is 3. The molecule has 2 aromatic rings. The normalized spacial score (nSPS) is 21.0. The Balaban J connectivity index is 0.00000155. The van der Waals surface area contributed by atoms with E-state index in [1.165, 1.54) is 22.3 Å². The van der Waals surface area contributed by atoms with Gasteiger partial charge in [-0.2, -0.15) is 0 Å². The molecule has 0 radical (unpaired) electrons. The highest BCUT2D eigenvalue weighted by Crippen LogP contribution is 2.40. The van der Waals surface area contributed by atoms with Crippen LogP contribution in [0.5, 0.6) is 0 Å². The number of aryl methyl sites for hydroxylation is 2. The summed E-state index contributed by atoms with van der Waals surface area (Å²) in [5.41, 5.74) is 5.63. The van der Waals surface area contributed by atoms with Gasteiger partial charge in [0, 0.05) is 11.5 Å². The molecule has 0 N–H and O–H groups in total. The van der Waals surface area contributed by atoms with E-state index < -0.39 is 0 Å². The molecule has 3 heteroatoms. The van der Waals surface area contributed by atoms with E-state index in [0.29, 0.717) is 24.7 Å². The molecule has 1 aliphatic rings. The van der Waals surface area contributed by atoms with Crippen LogP contribution in [0.4, 0.5) is 0 Å². The van der Waals surface area contributed by atoms with Crippen molar-refractivity contribution in [2.75, 3.05) is 13.2 Å². The second-order valence-electron chi connectivity index (χ2n) is 7.78. The average molecular weight is 409 g/mol. The third-order valence-corrected chi connectivity index (χ3v) is 5.85. The molecule has 1 heterocycles. The largest absolute Gasteiger partial charge is 0.462 e. The van der Waals surface area contributed by atoms with Gasteiger partial charge >= 0.3 is 5.97 Å². The van der Waals surface area contributed by atoms with Gasteiger partial charge in [0.2, 0.25) is 0 Å². The Bertz CT molecular complexity index is 838. The Kier molecular flexibility index (Phi) is 9.32. The van der Waals surface area contributed by atoms with Gasteiger partial charge in [-0.25, -0.2) is 4.79 Å². The van der Waals surface area contributed by atoms with Crippen molar-refractivity contribution in [2.45, 2.75) is 54.1 Å². The molecule has 3 nitrogen and oxygen atoms in total. The summed E-state index contributed by atoms with van der Waals surface area (Å²) in [5, 5.41) is 0. The Labute approximate surface area is 182 Å². The van der Waals surface area contributed by atoms with Crippen molar-refractivity contribution in [2.24, 2.45) is 11.8 Å². The lowest BCUT2D eigenvalue weighted by Gasteiger charge is -2.24. The predicted molar refractivity (Wildman–Crippen MR) is 123 cm³/mol. The molecule has 1 unspecified atom stereocenters. The highest BCUT2D eigenvalue weighted by atomic mass is 16.5. The van der Waals surface area contributed by atoms with Crippen molar-refractivity contribution in [3.8, 4) is 0 Å². The highest BCUT2D eigenvalue weighted by Gasteiger charge is 2.39. The molecule has 1 saturated heterocycles. The van der Waals surface area contributed by atoms with Crippen LogP contribution in [-0.4, -0.2) is 19.2 Å². The zero-order valence-electron chi connectivity index (χ0n) is 19.3. The van der Waals surface area contributed by atoms with Crippen molar-refractivity contribution in [1.29, 1.82) is 0 Å². The molecule has 1 fully saturated rings. The van der Waals surface area contributed by atoms with E-state index in [-0.39, 0.29) is 18.0 Å². The van der Waals surface area contributed by atoms with Gasteiger partial charge in [0.15, 0.2) is 0 Å². The summed E-state index contributed by atoms with van der Waals surface area (Å²) in [7, 11) is 0. The number of allylic oxidation sites excluding steroid dienone is 1. The summed E-state index contributed by atoms with van der Waals surface area (Å²) in [6, 6.07) is 17.0. The first-order chi connectivity index (χ1) is 14.5. The maximum Gasteiger partial charge on any atom is 0.333 e. The molecule has 0 amide bonds. The van der Waals surface area contributed by atoms with Crippen molar-refractivity contribution >= 4 is 5.97 Å². The standard InChI is InChI=1S/C25H30O3.C2H6/c1-5-17(2)25(26)28-16-23-22(14-20-9-7-6-8-10-20)15-27-24(23)21-12-11-18(3)19(4)13-21;1-2/h5-13,22-24H,14-16H2,1-4H3;1-2H3/b17-5-;/t22-,23-,24?;/m0./s1. The summed E-state index contributed by atoms with van der Waals surface area (Å²) in [6.07, 6.45) is 2.66. The smallest absolute Gasteiger partial charge is 0.333 e. The SMILES string of the molecule is C/C=C(/C)C(=O)OC[C@@H]1C(c2ccc(C)c(C)c2)OC[C@@H]1Cc1ccccc1.CC. The summed E-state index contributed by atoms with van der Waals surface area (Å²) in [4.78, 5) is 12.2. The fourth-order valence-corrected chi connectivity index (χ4v) is 3.76. The fraction of sp³-hybridized carbons (Fsp3) is 0.444. The van der Waals surface area contributed by atoms with Crippen LogP contribution in [0.2, 0.25) is 0 Å². The van der Waals surface area contributed by atoms with Crippen LogP contribution in [-0.2, 0) is 20.7 Å². The van der Waals surface area contributed by atoms with Crippen molar-refractivity contribution in [1.82, 2.24) is 0 Å². The number of ether oxygens (including phenoxy) is 2. The highest BCUT2D eigenvalue weighted by molar-refractivity contribution is 5.87. The summed E-state index contributed by atoms with van der Waals surface area (Å²) in [6.45, 7) is 12.9. The maximum absolute atomic E-state index is 12.2. The second-order valence-corrected chi connectivity index (χ2v) is 7.78. The fourth-order valence-electron chi connectivity index (χ4n) is 3.76. The minimum Gasteiger partial charge on any atom is -0.462 e. The molecule has 0 aliphatic carbocycles. The first-order valence-electron chi connectivity index (χ1n) is 11.0. The van der Waals surface area contributed by atoms with Crippen molar-refractivity contribution in [3.63, 3.8) is 0 Å². The quantitative estimate of drug-likeness (QED) is 0.411. The third-order valence-electron chi connectivity index (χ3n) is 5.85. The molecule has 2 aromatic carbocycles. The third kappa shape index (κ3) is 6.06. The summed E-state index contributed by atoms with van der Waals surface area (Å²) >= 11 is 0. The zero-order chi connectivity index (χ0) is 22.1. The van der Waals surface area contributed by atoms with Crippen LogP contribution in [0.3, 0.4) is 0 Å². The Morgan fingerprint density at radius 2 is 1.80 bits per heavy atom. The lowest BCUT2D eigenvalue weighted by molar-refractivity contribution is -0.141. The molecule has 3 atom stereocenters. The minimum atomic E-state index is -0.244. The number of rotatable bonds is 6. The number of carbonyl (C=O) groups excluding carboxylic acids is 1. The molecule has 0 aromatic heterocycles.